The number of nitrogens with zero attached hydrogens (tertiary/aromatic N) is 7. The number of pyridine rings is 1. The molecule has 2 unspecified atom stereocenters. The lowest BCUT2D eigenvalue weighted by atomic mass is 9.98. The van der Waals surface area contributed by atoms with Gasteiger partial charge in [-0.05, 0) is 38.1 Å². The number of alkyl halides is 2. The van der Waals surface area contributed by atoms with Crippen LogP contribution in [0.4, 0.5) is 8.78 Å². The number of ether oxygens (including phenoxy) is 1. The zero-order chi connectivity index (χ0) is 25.4. The average Bonchev–Trinajstić information content (AvgIpc) is 3.48. The Hall–Kier alpha value is -3.91. The minimum atomic E-state index is -2.76. The molecular formula is C25H27F2N8O+. The fourth-order valence-corrected chi connectivity index (χ4v) is 4.98. The minimum absolute atomic E-state index is 0.135. The molecule has 36 heavy (non-hydrogen) atoms. The molecule has 1 saturated heterocycles. The van der Waals surface area contributed by atoms with Crippen LogP contribution in [-0.4, -0.2) is 38.1 Å². The van der Waals surface area contributed by atoms with Gasteiger partial charge in [0.05, 0.1) is 11.2 Å². The Morgan fingerprint density at radius 1 is 1.25 bits per heavy atom. The smallest absolute Gasteiger partial charge is 0.320 e. The van der Waals surface area contributed by atoms with Gasteiger partial charge in [0.25, 0.3) is 0 Å². The molecule has 186 valence electrons. The fraction of sp³-hybridized carbons (Fsp3) is 0.400. The highest BCUT2D eigenvalue weighted by atomic mass is 19.3. The number of quaternary nitrogens is 1. The van der Waals surface area contributed by atoms with Gasteiger partial charge in [-0.25, -0.2) is 4.98 Å². The summed E-state index contributed by atoms with van der Waals surface area (Å²) in [5.74, 6) is 0.276. The highest BCUT2D eigenvalue weighted by molar-refractivity contribution is 5.87. The second kappa shape index (κ2) is 9.62. The van der Waals surface area contributed by atoms with E-state index in [0.717, 1.165) is 34.4 Å². The van der Waals surface area contributed by atoms with Crippen LogP contribution in [0.2, 0.25) is 0 Å². The molecule has 2 aliphatic rings. The second-order valence-electron chi connectivity index (χ2n) is 9.21. The number of aromatic nitrogens is 3. The zero-order valence-corrected chi connectivity index (χ0v) is 20.3. The first-order valence-electron chi connectivity index (χ1n) is 11.9. The van der Waals surface area contributed by atoms with Gasteiger partial charge < -0.3 is 9.64 Å². The highest BCUT2D eigenvalue weighted by Gasteiger charge is 2.37. The summed E-state index contributed by atoms with van der Waals surface area (Å²) in [5.41, 5.74) is 3.59. The second-order valence-corrected chi connectivity index (χ2v) is 9.21. The maximum absolute atomic E-state index is 13.8. The summed E-state index contributed by atoms with van der Waals surface area (Å²) in [6.07, 6.45) is 6.21. The number of halogens is 2. The van der Waals surface area contributed by atoms with Gasteiger partial charge in [-0.3, -0.25) is 9.55 Å². The van der Waals surface area contributed by atoms with E-state index >= 15 is 0 Å². The summed E-state index contributed by atoms with van der Waals surface area (Å²) in [7, 11) is 0. The van der Waals surface area contributed by atoms with Gasteiger partial charge >= 0.3 is 6.55 Å². The van der Waals surface area contributed by atoms with Crippen molar-refractivity contribution < 1.29 is 18.5 Å². The number of imidazole rings is 1. The number of nitriles is 1. The maximum Gasteiger partial charge on any atom is 0.320 e. The van der Waals surface area contributed by atoms with E-state index in [2.05, 4.69) is 26.5 Å². The Morgan fingerprint density at radius 3 is 2.78 bits per heavy atom. The van der Waals surface area contributed by atoms with Crippen LogP contribution in [0.15, 0.2) is 58.9 Å². The van der Waals surface area contributed by atoms with Crippen LogP contribution in [0.1, 0.15) is 57.5 Å². The third-order valence-electron chi connectivity index (χ3n) is 6.91. The van der Waals surface area contributed by atoms with E-state index in [1.54, 1.807) is 29.3 Å². The standard InChI is InChI=1S/C25H26F2N8O/c1-15-10-19(7-9-33(15)13-28)35-16(2)23(31-32-35)18-11-21-24(34(14-30-21)25(26)27)22(12-18)36-17(3)20-6-4-5-8-29-20/h4-6,8,11-12,14-15,17,19,25H,7,9-10H2,1-3H3/p+1/t15-,17+,19?/m0/s1. The summed E-state index contributed by atoms with van der Waals surface area (Å²) in [4.78, 5) is 10.3. The molecule has 0 aliphatic carbocycles. The Kier molecular flexibility index (Phi) is 6.36. The Labute approximate surface area is 207 Å². The van der Waals surface area contributed by atoms with Crippen molar-refractivity contribution in [2.24, 2.45) is 10.3 Å². The summed E-state index contributed by atoms with van der Waals surface area (Å²) in [6, 6.07) is 9.29. The molecule has 2 aromatic heterocycles. The summed E-state index contributed by atoms with van der Waals surface area (Å²) in [6.45, 7) is 3.77. The Balaban J connectivity index is 1.51. The molecule has 1 N–H and O–H groups in total. The monoisotopic (exact) mass is 493 g/mol. The van der Waals surface area contributed by atoms with Gasteiger partial charge in [-0.15, -0.1) is 0 Å². The molecule has 0 amide bonds. The van der Waals surface area contributed by atoms with Gasteiger partial charge in [0, 0.05) is 49.3 Å². The molecule has 3 aromatic rings. The number of likely N-dealkylation sites (tertiary alicyclic amines) is 1. The van der Waals surface area contributed by atoms with E-state index in [1.807, 2.05) is 32.9 Å². The number of rotatable bonds is 6. The molecule has 4 atom stereocenters. The quantitative estimate of drug-likeness (QED) is 0.518. The average molecular weight is 494 g/mol. The first-order chi connectivity index (χ1) is 17.4. The van der Waals surface area contributed by atoms with Crippen molar-refractivity contribution >= 4 is 16.7 Å². The van der Waals surface area contributed by atoms with Crippen molar-refractivity contribution in [3.8, 4) is 11.9 Å². The molecule has 5 rings (SSSR count). The van der Waals surface area contributed by atoms with Crippen LogP contribution in [-0.2, 0) is 0 Å². The van der Waals surface area contributed by atoms with E-state index in [4.69, 9.17) is 4.74 Å². The summed E-state index contributed by atoms with van der Waals surface area (Å²) in [5, 5.41) is 19.2. The molecule has 9 nitrogen and oxygen atoms in total. The van der Waals surface area contributed by atoms with Crippen molar-refractivity contribution in [2.45, 2.75) is 58.3 Å². The molecule has 1 fully saturated rings. The normalized spacial score (nSPS) is 22.9. The fourth-order valence-electron chi connectivity index (χ4n) is 4.98. The maximum atomic E-state index is 13.8. The Morgan fingerprint density at radius 2 is 2.08 bits per heavy atom. The lowest BCUT2D eigenvalue weighted by Crippen LogP contribution is -3.09. The number of benzene rings is 1. The molecule has 0 radical (unpaired) electrons. The number of hydrogen-bond acceptors (Lipinski definition) is 7. The summed E-state index contributed by atoms with van der Waals surface area (Å²) < 4.78 is 34.5. The topological polar surface area (TPSA) is 96.1 Å². The lowest BCUT2D eigenvalue weighted by Gasteiger charge is -2.34. The lowest BCUT2D eigenvalue weighted by molar-refractivity contribution is -0.897. The van der Waals surface area contributed by atoms with Gasteiger partial charge in [-0.2, -0.15) is 19.1 Å². The molecule has 2 aliphatic heterocycles. The van der Waals surface area contributed by atoms with E-state index in [1.165, 1.54) is 0 Å². The minimum Gasteiger partial charge on any atom is -0.482 e. The Bertz CT molecular complexity index is 1360. The zero-order valence-electron chi connectivity index (χ0n) is 20.3. The SMILES string of the molecule is CC1=C(c2cc(O[C@H](C)c3ccccn3)c3c(c2)ncn3C(F)F)N=N[NH+]1C1CCN(C#N)[C@@H](C)C1. The van der Waals surface area contributed by atoms with Crippen LogP contribution in [0.3, 0.4) is 0 Å². The van der Waals surface area contributed by atoms with Crippen molar-refractivity contribution in [1.82, 2.24) is 19.4 Å². The van der Waals surface area contributed by atoms with Crippen LogP contribution < -0.4 is 9.75 Å². The highest BCUT2D eigenvalue weighted by Crippen LogP contribution is 2.36. The van der Waals surface area contributed by atoms with Crippen molar-refractivity contribution in [2.75, 3.05) is 6.54 Å². The molecular weight excluding hydrogens is 466 g/mol. The number of hydrogen-bond donors (Lipinski definition) is 1. The predicted molar refractivity (Wildman–Crippen MR) is 127 cm³/mol. The molecule has 0 saturated carbocycles. The van der Waals surface area contributed by atoms with Crippen molar-refractivity contribution in [3.63, 3.8) is 0 Å². The van der Waals surface area contributed by atoms with E-state index < -0.39 is 12.7 Å². The third-order valence-corrected chi connectivity index (χ3v) is 6.91. The molecule has 0 spiro atoms. The molecule has 1 aromatic carbocycles. The van der Waals surface area contributed by atoms with E-state index in [9.17, 15) is 14.0 Å². The van der Waals surface area contributed by atoms with E-state index in [-0.39, 0.29) is 23.3 Å². The third kappa shape index (κ3) is 4.28. The van der Waals surface area contributed by atoms with E-state index in [0.29, 0.717) is 29.0 Å². The largest absolute Gasteiger partial charge is 0.482 e. The molecule has 11 heteroatoms. The van der Waals surface area contributed by atoms with Crippen LogP contribution in [0.5, 0.6) is 5.75 Å². The number of nitrogens with one attached hydrogen (secondary N) is 1. The van der Waals surface area contributed by atoms with Gasteiger partial charge in [0.2, 0.25) is 0 Å². The number of allylic oxidation sites excluding steroid dienone is 1. The van der Waals surface area contributed by atoms with Crippen molar-refractivity contribution in [1.29, 1.82) is 5.26 Å². The van der Waals surface area contributed by atoms with Crippen molar-refractivity contribution in [3.05, 3.63) is 59.8 Å². The van der Waals surface area contributed by atoms with Crippen LogP contribution >= 0.6 is 0 Å². The van der Waals surface area contributed by atoms with Gasteiger partial charge in [0.1, 0.15) is 29.7 Å². The first kappa shape index (κ1) is 23.8. The van der Waals surface area contributed by atoms with Gasteiger partial charge in [0.15, 0.2) is 17.6 Å². The number of piperidine rings is 1. The van der Waals surface area contributed by atoms with Gasteiger partial charge in [-0.1, -0.05) is 11.2 Å². The number of fused-ring (bicyclic) bond motifs is 1. The van der Waals surface area contributed by atoms with Crippen LogP contribution in [0.25, 0.3) is 16.7 Å². The molecule has 0 bridgehead atoms. The predicted octanol–water partition coefficient (Wildman–Crippen LogP) is 4.25. The first-order valence-corrected chi connectivity index (χ1v) is 11.9. The molecule has 4 heterocycles. The summed E-state index contributed by atoms with van der Waals surface area (Å²) >= 11 is 0. The van der Waals surface area contributed by atoms with Crippen LogP contribution in [0, 0.1) is 11.5 Å².